The molecule has 10 nitrogen and oxygen atoms in total. The molecule has 188 valence electrons. The molecule has 0 aliphatic heterocycles. The summed E-state index contributed by atoms with van der Waals surface area (Å²) in [6.07, 6.45) is 11.1. The summed E-state index contributed by atoms with van der Waals surface area (Å²) < 4.78 is 7.40. The van der Waals surface area contributed by atoms with E-state index in [1.807, 2.05) is 35.1 Å². The van der Waals surface area contributed by atoms with Crippen molar-refractivity contribution in [3.8, 4) is 0 Å². The van der Waals surface area contributed by atoms with E-state index in [9.17, 15) is 9.59 Å². The van der Waals surface area contributed by atoms with Crippen molar-refractivity contribution in [2.75, 3.05) is 12.0 Å². The third-order valence-corrected chi connectivity index (χ3v) is 7.08. The number of aryl methyl sites for hydroxylation is 1. The van der Waals surface area contributed by atoms with Gasteiger partial charge in [-0.05, 0) is 43.4 Å². The summed E-state index contributed by atoms with van der Waals surface area (Å²) in [4.78, 5) is 29.4. The minimum absolute atomic E-state index is 0.102. The maximum atomic E-state index is 12.9. The second kappa shape index (κ2) is 11.7. The van der Waals surface area contributed by atoms with Crippen LogP contribution in [0, 0.1) is 0 Å². The standard InChI is InChI=1S/C24H33N7O3S/c1-17(32)27-24(13-6-3-4-7-14-24)23-26-21(34-30-23)11-10-20(33)25-18(12-16-35-2)22-29-28-19-9-5-8-15-31(19)22/h5,8-9,15,18H,3-4,6-7,10-14,16H2,1-2H3,(H,25,33)(H,27,32). The minimum Gasteiger partial charge on any atom is -0.346 e. The van der Waals surface area contributed by atoms with Gasteiger partial charge in [0.1, 0.15) is 5.54 Å². The van der Waals surface area contributed by atoms with Gasteiger partial charge in [0.05, 0.1) is 6.04 Å². The van der Waals surface area contributed by atoms with Gasteiger partial charge in [-0.3, -0.25) is 14.0 Å². The number of carbonyl (C=O) groups excluding carboxylic acids is 2. The smallest absolute Gasteiger partial charge is 0.227 e. The van der Waals surface area contributed by atoms with Crippen LogP contribution < -0.4 is 10.6 Å². The van der Waals surface area contributed by atoms with Gasteiger partial charge in [0.25, 0.3) is 0 Å². The molecular weight excluding hydrogens is 466 g/mol. The number of rotatable bonds is 10. The molecule has 2 N–H and O–H groups in total. The Kier molecular flexibility index (Phi) is 8.37. The Morgan fingerprint density at radius 1 is 1.20 bits per heavy atom. The van der Waals surface area contributed by atoms with E-state index in [4.69, 9.17) is 4.52 Å². The first-order valence-electron chi connectivity index (χ1n) is 12.2. The third-order valence-electron chi connectivity index (χ3n) is 6.43. The van der Waals surface area contributed by atoms with Gasteiger partial charge in [0.15, 0.2) is 17.3 Å². The van der Waals surface area contributed by atoms with Gasteiger partial charge in [-0.25, -0.2) is 0 Å². The summed E-state index contributed by atoms with van der Waals surface area (Å²) in [5, 5.41) is 18.9. The summed E-state index contributed by atoms with van der Waals surface area (Å²) in [6.45, 7) is 1.52. The fraction of sp³-hybridized carbons (Fsp3) is 0.583. The molecule has 1 aliphatic carbocycles. The maximum Gasteiger partial charge on any atom is 0.227 e. The van der Waals surface area contributed by atoms with Gasteiger partial charge in [-0.1, -0.05) is 36.9 Å². The highest BCUT2D eigenvalue weighted by Crippen LogP contribution is 2.34. The van der Waals surface area contributed by atoms with Crippen molar-refractivity contribution in [2.45, 2.75) is 76.3 Å². The molecule has 3 aromatic heterocycles. The molecular formula is C24H33N7O3S. The Labute approximate surface area is 209 Å². The van der Waals surface area contributed by atoms with Gasteiger partial charge < -0.3 is 15.2 Å². The molecule has 3 heterocycles. The lowest BCUT2D eigenvalue weighted by Crippen LogP contribution is -2.45. The van der Waals surface area contributed by atoms with E-state index in [0.29, 0.717) is 24.0 Å². The normalized spacial score (nSPS) is 16.5. The Morgan fingerprint density at radius 3 is 2.74 bits per heavy atom. The van der Waals surface area contributed by atoms with E-state index in [-0.39, 0.29) is 24.3 Å². The molecule has 1 saturated carbocycles. The fourth-order valence-corrected chi connectivity index (χ4v) is 5.18. The lowest BCUT2D eigenvalue weighted by atomic mass is 9.89. The summed E-state index contributed by atoms with van der Waals surface area (Å²) >= 11 is 1.72. The molecule has 0 aromatic carbocycles. The molecule has 35 heavy (non-hydrogen) atoms. The number of fused-ring (bicyclic) bond motifs is 1. The summed E-state index contributed by atoms with van der Waals surface area (Å²) in [5.74, 6) is 2.29. The van der Waals surface area contributed by atoms with Crippen LogP contribution in [0.1, 0.15) is 81.9 Å². The van der Waals surface area contributed by atoms with Crippen molar-refractivity contribution in [3.63, 3.8) is 0 Å². The number of nitrogens with zero attached hydrogens (tertiary/aromatic N) is 5. The van der Waals surface area contributed by atoms with Crippen LogP contribution in [0.4, 0.5) is 0 Å². The largest absolute Gasteiger partial charge is 0.346 e. The van der Waals surface area contributed by atoms with Crippen molar-refractivity contribution in [1.29, 1.82) is 0 Å². The van der Waals surface area contributed by atoms with E-state index in [1.165, 1.54) is 6.92 Å². The van der Waals surface area contributed by atoms with E-state index in [0.717, 1.165) is 56.3 Å². The van der Waals surface area contributed by atoms with Crippen LogP contribution in [0.25, 0.3) is 5.65 Å². The molecule has 2 amide bonds. The molecule has 0 saturated heterocycles. The molecule has 1 fully saturated rings. The van der Waals surface area contributed by atoms with Crippen molar-refractivity contribution in [2.24, 2.45) is 0 Å². The second-order valence-corrected chi connectivity index (χ2v) is 10.1. The monoisotopic (exact) mass is 499 g/mol. The number of nitrogens with one attached hydrogen (secondary N) is 2. The van der Waals surface area contributed by atoms with Crippen LogP contribution in [-0.4, -0.2) is 48.6 Å². The first-order valence-corrected chi connectivity index (χ1v) is 13.6. The van der Waals surface area contributed by atoms with Gasteiger partial charge in [-0.2, -0.15) is 16.7 Å². The van der Waals surface area contributed by atoms with Crippen molar-refractivity contribution in [1.82, 2.24) is 35.4 Å². The van der Waals surface area contributed by atoms with Gasteiger partial charge in [0.2, 0.25) is 17.7 Å². The first-order chi connectivity index (χ1) is 17.0. The lowest BCUT2D eigenvalue weighted by Gasteiger charge is -2.30. The number of hydrogen-bond donors (Lipinski definition) is 2. The van der Waals surface area contributed by atoms with Crippen molar-refractivity contribution in [3.05, 3.63) is 41.9 Å². The highest BCUT2D eigenvalue weighted by molar-refractivity contribution is 7.98. The van der Waals surface area contributed by atoms with Crippen molar-refractivity contribution < 1.29 is 14.1 Å². The average Bonchev–Trinajstić information content (AvgIpc) is 3.43. The van der Waals surface area contributed by atoms with Crippen LogP contribution in [0.2, 0.25) is 0 Å². The Hall–Kier alpha value is -2.95. The quantitative estimate of drug-likeness (QED) is 0.407. The predicted molar refractivity (Wildman–Crippen MR) is 133 cm³/mol. The van der Waals surface area contributed by atoms with Gasteiger partial charge in [-0.15, -0.1) is 10.2 Å². The molecule has 4 rings (SSSR count). The first kappa shape index (κ1) is 25.2. The highest BCUT2D eigenvalue weighted by atomic mass is 32.2. The zero-order chi connectivity index (χ0) is 24.7. The average molecular weight is 500 g/mol. The van der Waals surface area contributed by atoms with E-state index in [2.05, 4.69) is 31.0 Å². The summed E-state index contributed by atoms with van der Waals surface area (Å²) in [7, 11) is 0. The van der Waals surface area contributed by atoms with Crippen LogP contribution >= 0.6 is 11.8 Å². The van der Waals surface area contributed by atoms with E-state index in [1.54, 1.807) is 11.8 Å². The Balaban J connectivity index is 1.41. The van der Waals surface area contributed by atoms with Crippen LogP contribution in [0.3, 0.4) is 0 Å². The molecule has 0 radical (unpaired) electrons. The van der Waals surface area contributed by atoms with Crippen molar-refractivity contribution >= 4 is 29.2 Å². The van der Waals surface area contributed by atoms with Crippen LogP contribution in [0.5, 0.6) is 0 Å². The molecule has 3 aromatic rings. The summed E-state index contributed by atoms with van der Waals surface area (Å²) in [5.41, 5.74) is 0.153. The number of pyridine rings is 1. The SMILES string of the molecule is CSCCC(NC(=O)CCc1nc(C2(NC(C)=O)CCCCCC2)no1)c1nnc2ccccn12. The minimum atomic E-state index is -0.593. The maximum absolute atomic E-state index is 12.9. The molecule has 1 unspecified atom stereocenters. The van der Waals surface area contributed by atoms with E-state index >= 15 is 0 Å². The third kappa shape index (κ3) is 6.19. The number of amides is 2. The Morgan fingerprint density at radius 2 is 2.00 bits per heavy atom. The molecule has 0 bridgehead atoms. The zero-order valence-electron chi connectivity index (χ0n) is 20.3. The molecule has 0 spiro atoms. The van der Waals surface area contributed by atoms with E-state index < -0.39 is 5.54 Å². The highest BCUT2D eigenvalue weighted by Gasteiger charge is 2.38. The number of hydrogen-bond acceptors (Lipinski definition) is 8. The second-order valence-electron chi connectivity index (χ2n) is 9.08. The Bertz CT molecular complexity index is 1140. The van der Waals surface area contributed by atoms with Crippen LogP contribution in [-0.2, 0) is 21.5 Å². The number of aromatic nitrogens is 5. The van der Waals surface area contributed by atoms with Crippen LogP contribution in [0.15, 0.2) is 28.9 Å². The predicted octanol–water partition coefficient (Wildman–Crippen LogP) is 3.34. The summed E-state index contributed by atoms with van der Waals surface area (Å²) in [6, 6.07) is 5.47. The number of thioether (sulfide) groups is 1. The fourth-order valence-electron chi connectivity index (χ4n) is 4.71. The zero-order valence-corrected chi connectivity index (χ0v) is 21.1. The molecule has 1 atom stereocenters. The molecule has 11 heteroatoms. The van der Waals surface area contributed by atoms with Gasteiger partial charge in [0, 0.05) is 26.0 Å². The number of carbonyl (C=O) groups is 2. The topological polar surface area (TPSA) is 127 Å². The van der Waals surface area contributed by atoms with Gasteiger partial charge >= 0.3 is 0 Å². The molecule has 1 aliphatic rings. The lowest BCUT2D eigenvalue weighted by molar-refractivity contribution is -0.122.